The average Bonchev–Trinajstić information content (AvgIpc) is 3.15. The first kappa shape index (κ1) is 18.3. The van der Waals surface area contributed by atoms with Crippen LogP contribution in [-0.4, -0.2) is 40.0 Å². The van der Waals surface area contributed by atoms with E-state index in [9.17, 15) is 18.0 Å². The lowest BCUT2D eigenvalue weighted by molar-refractivity contribution is -0.138. The molecule has 1 aliphatic rings. The monoisotopic (exact) mass is 389 g/mol. The zero-order chi connectivity index (χ0) is 19.7. The topological polar surface area (TPSA) is 58.2 Å². The number of aromatic nitrogens is 2. The van der Waals surface area contributed by atoms with Crippen molar-refractivity contribution in [2.24, 2.45) is 0 Å². The highest BCUT2D eigenvalue weighted by Gasteiger charge is 2.32. The van der Waals surface area contributed by atoms with Gasteiger partial charge in [0.2, 0.25) is 0 Å². The number of amides is 1. The summed E-state index contributed by atoms with van der Waals surface area (Å²) in [5, 5.41) is 1.04. The summed E-state index contributed by atoms with van der Waals surface area (Å²) in [5.74, 6) is 0.0347. The van der Waals surface area contributed by atoms with E-state index in [4.69, 9.17) is 4.74 Å². The molecule has 1 saturated heterocycles. The molecular formula is C20H18F3N3O2. The Morgan fingerprint density at radius 2 is 1.93 bits per heavy atom. The number of carbonyl (C=O) groups is 1. The average molecular weight is 389 g/mol. The molecule has 146 valence electrons. The van der Waals surface area contributed by atoms with Crippen molar-refractivity contribution in [2.45, 2.75) is 25.1 Å². The van der Waals surface area contributed by atoms with E-state index in [0.717, 1.165) is 23.2 Å². The summed E-state index contributed by atoms with van der Waals surface area (Å²) in [4.78, 5) is 21.2. The smallest absolute Gasteiger partial charge is 0.418 e. The van der Waals surface area contributed by atoms with Crippen molar-refractivity contribution in [1.82, 2.24) is 14.9 Å². The number of rotatable bonds is 3. The van der Waals surface area contributed by atoms with E-state index in [1.54, 1.807) is 11.0 Å². The number of hydrogen-bond acceptors (Lipinski definition) is 3. The molecule has 3 aromatic rings. The second kappa shape index (κ2) is 7.18. The van der Waals surface area contributed by atoms with Gasteiger partial charge in [-0.05, 0) is 29.7 Å². The molecule has 28 heavy (non-hydrogen) atoms. The van der Waals surface area contributed by atoms with E-state index in [1.165, 1.54) is 6.20 Å². The maximum atomic E-state index is 12.8. The van der Waals surface area contributed by atoms with Crippen molar-refractivity contribution in [1.29, 1.82) is 0 Å². The summed E-state index contributed by atoms with van der Waals surface area (Å²) in [6.45, 7) is 0.970. The molecule has 5 nitrogen and oxygen atoms in total. The van der Waals surface area contributed by atoms with Crippen molar-refractivity contribution in [3.63, 3.8) is 0 Å². The molecule has 1 fully saturated rings. The number of likely N-dealkylation sites (tertiary alicyclic amines) is 1. The number of aromatic amines is 1. The Morgan fingerprint density at radius 1 is 1.14 bits per heavy atom. The van der Waals surface area contributed by atoms with Crippen LogP contribution in [0.15, 0.2) is 48.9 Å². The van der Waals surface area contributed by atoms with Crippen molar-refractivity contribution in [3.05, 3.63) is 60.0 Å². The summed E-state index contributed by atoms with van der Waals surface area (Å²) in [5.41, 5.74) is 0.676. The van der Waals surface area contributed by atoms with Crippen LogP contribution in [0.4, 0.5) is 13.2 Å². The van der Waals surface area contributed by atoms with Crippen molar-refractivity contribution >= 4 is 16.8 Å². The van der Waals surface area contributed by atoms with Crippen molar-refractivity contribution in [3.8, 4) is 5.75 Å². The van der Waals surface area contributed by atoms with Gasteiger partial charge in [-0.2, -0.15) is 13.2 Å². The first-order valence-corrected chi connectivity index (χ1v) is 8.95. The molecule has 0 aliphatic carbocycles. The minimum absolute atomic E-state index is 0.0596. The van der Waals surface area contributed by atoms with Gasteiger partial charge in [0.1, 0.15) is 11.9 Å². The lowest BCUT2D eigenvalue weighted by Gasteiger charge is -2.32. The number of H-pyrrole nitrogens is 1. The third-order valence-electron chi connectivity index (χ3n) is 4.87. The van der Waals surface area contributed by atoms with Crippen LogP contribution in [-0.2, 0) is 6.18 Å². The van der Waals surface area contributed by atoms with E-state index in [2.05, 4.69) is 9.97 Å². The molecule has 1 aliphatic heterocycles. The Balaban J connectivity index is 1.37. The maximum Gasteiger partial charge on any atom is 0.418 e. The van der Waals surface area contributed by atoms with Crippen molar-refractivity contribution in [2.75, 3.05) is 13.1 Å². The Morgan fingerprint density at radius 3 is 2.68 bits per heavy atom. The summed E-state index contributed by atoms with van der Waals surface area (Å²) in [7, 11) is 0. The zero-order valence-electron chi connectivity index (χ0n) is 14.9. The van der Waals surface area contributed by atoms with Gasteiger partial charge in [-0.25, -0.2) is 0 Å². The Bertz CT molecular complexity index is 992. The number of piperidine rings is 1. The molecule has 0 unspecified atom stereocenters. The number of halogens is 3. The second-order valence-corrected chi connectivity index (χ2v) is 6.80. The first-order valence-electron chi connectivity index (χ1n) is 8.95. The lowest BCUT2D eigenvalue weighted by atomic mass is 10.1. The predicted octanol–water partition coefficient (Wildman–Crippen LogP) is 4.27. The normalized spacial score (nSPS) is 15.8. The van der Waals surface area contributed by atoms with Crippen LogP contribution in [0.3, 0.4) is 0 Å². The standard InChI is InChI=1S/C20H18F3N3O2/c21-20(22,23)15-10-17(12-24-11-15)28-16-4-7-26(8-5-16)19(27)14-2-1-13-3-6-25-18(13)9-14/h1-3,6,9-12,16,25H,4-5,7-8H2. The number of carbonyl (C=O) groups excluding carboxylic acids is 1. The third kappa shape index (κ3) is 3.81. The second-order valence-electron chi connectivity index (χ2n) is 6.80. The number of benzene rings is 1. The fraction of sp³-hybridized carbons (Fsp3) is 0.300. The van der Waals surface area contributed by atoms with Gasteiger partial charge in [-0.1, -0.05) is 6.07 Å². The van der Waals surface area contributed by atoms with Crippen LogP contribution in [0, 0.1) is 0 Å². The van der Waals surface area contributed by atoms with Crippen LogP contribution in [0.25, 0.3) is 10.9 Å². The van der Waals surface area contributed by atoms with Crippen LogP contribution < -0.4 is 4.74 Å². The summed E-state index contributed by atoms with van der Waals surface area (Å²) >= 11 is 0. The van der Waals surface area contributed by atoms with Gasteiger partial charge in [0, 0.05) is 49.4 Å². The fourth-order valence-electron chi connectivity index (χ4n) is 3.37. The van der Waals surface area contributed by atoms with E-state index < -0.39 is 11.7 Å². The Labute approximate surface area is 159 Å². The number of ether oxygens (including phenoxy) is 1. The third-order valence-corrected chi connectivity index (χ3v) is 4.87. The van der Waals surface area contributed by atoms with E-state index >= 15 is 0 Å². The number of hydrogen-bond donors (Lipinski definition) is 1. The lowest BCUT2D eigenvalue weighted by Crippen LogP contribution is -2.41. The van der Waals surface area contributed by atoms with E-state index in [-0.39, 0.29) is 17.8 Å². The highest BCUT2D eigenvalue weighted by Crippen LogP contribution is 2.31. The minimum Gasteiger partial charge on any atom is -0.489 e. The van der Waals surface area contributed by atoms with Gasteiger partial charge < -0.3 is 14.6 Å². The minimum atomic E-state index is -4.46. The van der Waals surface area contributed by atoms with E-state index in [0.29, 0.717) is 31.5 Å². The van der Waals surface area contributed by atoms with Gasteiger partial charge in [0.05, 0.1) is 11.8 Å². The maximum absolute atomic E-state index is 12.8. The molecule has 8 heteroatoms. The van der Waals surface area contributed by atoms with Gasteiger partial charge >= 0.3 is 6.18 Å². The molecule has 1 N–H and O–H groups in total. The summed E-state index contributed by atoms with van der Waals surface area (Å²) in [6.07, 6.45) is 0.264. The van der Waals surface area contributed by atoms with Crippen LogP contribution in [0.5, 0.6) is 5.75 Å². The SMILES string of the molecule is O=C(c1ccc2cc[nH]c2c1)N1CCC(Oc2cncc(C(F)(F)F)c2)CC1. The van der Waals surface area contributed by atoms with Crippen LogP contribution in [0.1, 0.15) is 28.8 Å². The molecule has 2 aromatic heterocycles. The number of alkyl halides is 3. The largest absolute Gasteiger partial charge is 0.489 e. The molecule has 1 aromatic carbocycles. The highest BCUT2D eigenvalue weighted by atomic mass is 19.4. The molecule has 0 spiro atoms. The fourth-order valence-corrected chi connectivity index (χ4v) is 3.37. The predicted molar refractivity (Wildman–Crippen MR) is 97.1 cm³/mol. The molecule has 0 atom stereocenters. The quantitative estimate of drug-likeness (QED) is 0.728. The van der Waals surface area contributed by atoms with Gasteiger partial charge in [0.25, 0.3) is 5.91 Å². The molecule has 0 bridgehead atoms. The molecule has 0 radical (unpaired) electrons. The number of pyridine rings is 1. The van der Waals surface area contributed by atoms with Gasteiger partial charge in [0.15, 0.2) is 0 Å². The molecule has 0 saturated carbocycles. The Kier molecular flexibility index (Phi) is 4.70. The molecule has 3 heterocycles. The van der Waals surface area contributed by atoms with Gasteiger partial charge in [-0.15, -0.1) is 0 Å². The highest BCUT2D eigenvalue weighted by molar-refractivity contribution is 5.98. The van der Waals surface area contributed by atoms with E-state index in [1.807, 2.05) is 24.4 Å². The Hall–Kier alpha value is -3.03. The summed E-state index contributed by atoms with van der Waals surface area (Å²) < 4.78 is 44.0. The molecular weight excluding hydrogens is 371 g/mol. The number of nitrogens with one attached hydrogen (secondary N) is 1. The van der Waals surface area contributed by atoms with Crippen LogP contribution >= 0.6 is 0 Å². The molecule has 1 amide bonds. The number of fused-ring (bicyclic) bond motifs is 1. The van der Waals surface area contributed by atoms with Crippen molar-refractivity contribution < 1.29 is 22.7 Å². The zero-order valence-corrected chi connectivity index (χ0v) is 14.9. The molecule has 4 rings (SSSR count). The summed E-state index contributed by atoms with van der Waals surface area (Å²) in [6, 6.07) is 8.42. The van der Waals surface area contributed by atoms with Gasteiger partial charge in [-0.3, -0.25) is 9.78 Å². The first-order chi connectivity index (χ1) is 13.4. The van der Waals surface area contributed by atoms with Crippen LogP contribution in [0.2, 0.25) is 0 Å². The number of nitrogens with zero attached hydrogens (tertiary/aromatic N) is 2.